The summed E-state index contributed by atoms with van der Waals surface area (Å²) in [6.45, 7) is 4.30. The maximum Gasteiger partial charge on any atom is 0.120 e. The van der Waals surface area contributed by atoms with Gasteiger partial charge in [0.15, 0.2) is 0 Å². The largest absolute Gasteiger partial charge is 0.362 e. The molecule has 0 aliphatic carbocycles. The summed E-state index contributed by atoms with van der Waals surface area (Å²) >= 11 is 2.08. The van der Waals surface area contributed by atoms with Crippen molar-refractivity contribution in [3.63, 3.8) is 0 Å². The average Bonchev–Trinajstić information content (AvgIpc) is 2.20. The van der Waals surface area contributed by atoms with Crippen LogP contribution in [0.15, 0.2) is 0 Å². The van der Waals surface area contributed by atoms with Gasteiger partial charge in [0.25, 0.3) is 0 Å². The monoisotopic (exact) mass is 201 g/mol. The van der Waals surface area contributed by atoms with Crippen LogP contribution in [0.5, 0.6) is 0 Å². The Kier molecular flexibility index (Phi) is 3.52. The van der Waals surface area contributed by atoms with Gasteiger partial charge in [-0.3, -0.25) is 5.32 Å². The third kappa shape index (κ3) is 2.61. The second-order valence-corrected chi connectivity index (χ2v) is 5.52. The summed E-state index contributed by atoms with van der Waals surface area (Å²) in [6, 6.07) is 0. The number of ether oxygens (including phenoxy) is 1. The maximum atomic E-state index is 5.80. The summed E-state index contributed by atoms with van der Waals surface area (Å²) in [4.78, 5) is 0. The van der Waals surface area contributed by atoms with Crippen molar-refractivity contribution >= 4 is 11.8 Å². The summed E-state index contributed by atoms with van der Waals surface area (Å²) < 4.78 is 5.80. The van der Waals surface area contributed by atoms with E-state index in [4.69, 9.17) is 4.74 Å². The minimum atomic E-state index is 0.335. The van der Waals surface area contributed by atoms with Gasteiger partial charge >= 0.3 is 0 Å². The van der Waals surface area contributed by atoms with Crippen LogP contribution < -0.4 is 5.32 Å². The van der Waals surface area contributed by atoms with Crippen molar-refractivity contribution < 1.29 is 4.74 Å². The van der Waals surface area contributed by atoms with Gasteiger partial charge in [-0.05, 0) is 24.5 Å². The molecule has 2 aliphatic heterocycles. The summed E-state index contributed by atoms with van der Waals surface area (Å²) in [7, 11) is 0. The topological polar surface area (TPSA) is 21.3 Å². The molecule has 2 nitrogen and oxygen atoms in total. The third-order valence-electron chi connectivity index (χ3n) is 2.78. The van der Waals surface area contributed by atoms with E-state index in [1.807, 2.05) is 0 Å². The lowest BCUT2D eigenvalue weighted by Crippen LogP contribution is -2.48. The summed E-state index contributed by atoms with van der Waals surface area (Å²) in [5.41, 5.74) is 0. The molecular formula is C10H19NOS. The van der Waals surface area contributed by atoms with E-state index in [0.717, 1.165) is 13.2 Å². The molecule has 13 heavy (non-hydrogen) atoms. The van der Waals surface area contributed by atoms with E-state index in [-0.39, 0.29) is 0 Å². The zero-order valence-electron chi connectivity index (χ0n) is 8.29. The van der Waals surface area contributed by atoms with Crippen LogP contribution >= 0.6 is 11.8 Å². The van der Waals surface area contributed by atoms with Gasteiger partial charge < -0.3 is 4.74 Å². The van der Waals surface area contributed by atoms with E-state index in [0.29, 0.717) is 17.4 Å². The van der Waals surface area contributed by atoms with Crippen LogP contribution in [0.1, 0.15) is 26.2 Å². The summed E-state index contributed by atoms with van der Waals surface area (Å²) in [6.07, 6.45) is 4.44. The molecule has 2 saturated heterocycles. The molecule has 1 N–H and O–H groups in total. The summed E-state index contributed by atoms with van der Waals surface area (Å²) in [5, 5.41) is 4.20. The Morgan fingerprint density at radius 3 is 2.92 bits per heavy atom. The van der Waals surface area contributed by atoms with Gasteiger partial charge in [-0.15, -0.1) is 0 Å². The SMILES string of the molecule is CC1CNC(C2CCCCS2)OC1. The minimum Gasteiger partial charge on any atom is -0.362 e. The standard InChI is InChI=1S/C10H19NOS/c1-8-6-11-10(12-7-8)9-4-2-3-5-13-9/h8-11H,2-7H2,1H3. The number of thioether (sulfide) groups is 1. The zero-order chi connectivity index (χ0) is 9.10. The lowest BCUT2D eigenvalue weighted by Gasteiger charge is -2.35. The Balaban J connectivity index is 1.79. The van der Waals surface area contributed by atoms with Crippen molar-refractivity contribution in [3.05, 3.63) is 0 Å². The molecule has 2 fully saturated rings. The van der Waals surface area contributed by atoms with E-state index in [1.165, 1.54) is 25.0 Å². The van der Waals surface area contributed by atoms with Gasteiger partial charge in [0, 0.05) is 11.8 Å². The van der Waals surface area contributed by atoms with Gasteiger partial charge in [0.05, 0.1) is 6.61 Å². The van der Waals surface area contributed by atoms with Crippen molar-refractivity contribution in [3.8, 4) is 0 Å². The lowest BCUT2D eigenvalue weighted by atomic mass is 10.1. The van der Waals surface area contributed by atoms with Crippen molar-refractivity contribution in [1.82, 2.24) is 5.32 Å². The normalized spacial score (nSPS) is 41.8. The molecule has 0 bridgehead atoms. The highest BCUT2D eigenvalue weighted by molar-refractivity contribution is 8.00. The maximum absolute atomic E-state index is 5.80. The number of hydrogen-bond donors (Lipinski definition) is 1. The molecule has 3 unspecified atom stereocenters. The first-order valence-corrected chi connectivity index (χ1v) is 6.38. The molecule has 2 aliphatic rings. The van der Waals surface area contributed by atoms with Crippen LogP contribution in [0.2, 0.25) is 0 Å². The predicted octanol–water partition coefficient (Wildman–Crippen LogP) is 1.85. The van der Waals surface area contributed by atoms with Gasteiger partial charge in [-0.1, -0.05) is 13.3 Å². The molecule has 3 atom stereocenters. The van der Waals surface area contributed by atoms with Crippen LogP contribution in [0.3, 0.4) is 0 Å². The third-order valence-corrected chi connectivity index (χ3v) is 4.22. The van der Waals surface area contributed by atoms with E-state index >= 15 is 0 Å². The average molecular weight is 201 g/mol. The number of rotatable bonds is 1. The first-order chi connectivity index (χ1) is 6.36. The fourth-order valence-corrected chi connectivity index (χ4v) is 3.30. The number of nitrogens with one attached hydrogen (secondary N) is 1. The highest BCUT2D eigenvalue weighted by Crippen LogP contribution is 2.29. The zero-order valence-corrected chi connectivity index (χ0v) is 9.11. The molecule has 0 aromatic rings. The van der Waals surface area contributed by atoms with Gasteiger partial charge in [0.1, 0.15) is 6.23 Å². The highest BCUT2D eigenvalue weighted by Gasteiger charge is 2.27. The minimum absolute atomic E-state index is 0.335. The Labute approximate surface area is 84.8 Å². The van der Waals surface area contributed by atoms with Crippen LogP contribution in [0.4, 0.5) is 0 Å². The first-order valence-electron chi connectivity index (χ1n) is 5.33. The molecule has 0 aromatic carbocycles. The fraction of sp³-hybridized carbons (Fsp3) is 1.00. The molecule has 2 rings (SSSR count). The van der Waals surface area contributed by atoms with Crippen LogP contribution in [0.25, 0.3) is 0 Å². The molecule has 76 valence electrons. The molecule has 0 amide bonds. The Morgan fingerprint density at radius 2 is 2.31 bits per heavy atom. The van der Waals surface area contributed by atoms with Crippen molar-refractivity contribution in [2.75, 3.05) is 18.9 Å². The van der Waals surface area contributed by atoms with Gasteiger partial charge in [-0.2, -0.15) is 11.8 Å². The van der Waals surface area contributed by atoms with E-state index < -0.39 is 0 Å². The van der Waals surface area contributed by atoms with Gasteiger partial charge in [-0.25, -0.2) is 0 Å². The van der Waals surface area contributed by atoms with Crippen molar-refractivity contribution in [2.24, 2.45) is 5.92 Å². The second-order valence-electron chi connectivity index (χ2n) is 4.17. The Bertz CT molecular complexity index is 151. The van der Waals surface area contributed by atoms with Crippen molar-refractivity contribution in [1.29, 1.82) is 0 Å². The Hall–Kier alpha value is 0.270. The Morgan fingerprint density at radius 1 is 1.38 bits per heavy atom. The highest BCUT2D eigenvalue weighted by atomic mass is 32.2. The number of hydrogen-bond acceptors (Lipinski definition) is 3. The van der Waals surface area contributed by atoms with Crippen LogP contribution in [-0.2, 0) is 4.74 Å². The molecule has 3 heteroatoms. The molecule has 2 heterocycles. The van der Waals surface area contributed by atoms with Gasteiger partial charge in [0.2, 0.25) is 0 Å². The van der Waals surface area contributed by atoms with Crippen molar-refractivity contribution in [2.45, 2.75) is 37.7 Å². The predicted molar refractivity (Wildman–Crippen MR) is 57.0 cm³/mol. The van der Waals surface area contributed by atoms with E-state index in [9.17, 15) is 0 Å². The lowest BCUT2D eigenvalue weighted by molar-refractivity contribution is -0.0256. The molecule has 0 radical (unpaired) electrons. The fourth-order valence-electron chi connectivity index (χ4n) is 1.95. The van der Waals surface area contributed by atoms with Crippen LogP contribution in [-0.4, -0.2) is 30.4 Å². The van der Waals surface area contributed by atoms with E-state index in [1.54, 1.807) is 0 Å². The molecule has 0 aromatic heterocycles. The van der Waals surface area contributed by atoms with E-state index in [2.05, 4.69) is 24.0 Å². The molecule has 0 spiro atoms. The summed E-state index contributed by atoms with van der Waals surface area (Å²) in [5.74, 6) is 2.01. The molecular weight excluding hydrogens is 182 g/mol. The quantitative estimate of drug-likeness (QED) is 0.699. The first kappa shape index (κ1) is 9.81. The second kappa shape index (κ2) is 4.67. The smallest absolute Gasteiger partial charge is 0.120 e. The molecule has 0 saturated carbocycles. The van der Waals surface area contributed by atoms with Crippen LogP contribution in [0, 0.1) is 5.92 Å².